The summed E-state index contributed by atoms with van der Waals surface area (Å²) < 4.78 is 6.20. The van der Waals surface area contributed by atoms with Crippen molar-refractivity contribution in [2.45, 2.75) is 106 Å². The minimum absolute atomic E-state index is 0.00883. The maximum atomic E-state index is 13.3. The highest BCUT2D eigenvalue weighted by atomic mass is 16.5. The summed E-state index contributed by atoms with van der Waals surface area (Å²) in [6, 6.07) is 4.15. The first-order valence-electron chi connectivity index (χ1n) is 17.3. The third-order valence-electron chi connectivity index (χ3n) is 14.3. The number of fused-ring (bicyclic) bond motifs is 7. The van der Waals surface area contributed by atoms with Crippen molar-refractivity contribution in [2.75, 3.05) is 6.61 Å². The van der Waals surface area contributed by atoms with Gasteiger partial charge in [-0.3, -0.25) is 9.59 Å². The van der Waals surface area contributed by atoms with Crippen LogP contribution in [0.5, 0.6) is 11.5 Å². The molecule has 0 spiro atoms. The highest BCUT2D eigenvalue weighted by Crippen LogP contribution is 2.75. The molecular weight excluding hydrogens is 580 g/mol. The van der Waals surface area contributed by atoms with E-state index in [0.717, 1.165) is 38.5 Å². The number of esters is 1. The fraction of sp³-hybridized carbons (Fsp3) is 0.667. The number of carboxylic acids is 1. The van der Waals surface area contributed by atoms with Crippen LogP contribution in [-0.4, -0.2) is 39.6 Å². The third-order valence-corrected chi connectivity index (χ3v) is 14.3. The number of hydrogen-bond acceptors (Lipinski definition) is 6. The molecule has 0 saturated heterocycles. The lowest BCUT2D eigenvalue weighted by molar-refractivity contribution is -0.202. The number of ether oxygens (including phenoxy) is 1. The Morgan fingerprint density at radius 1 is 0.913 bits per heavy atom. The topological polar surface area (TPSA) is 121 Å². The van der Waals surface area contributed by atoms with Gasteiger partial charge in [-0.25, -0.2) is 4.79 Å². The first kappa shape index (κ1) is 32.8. The van der Waals surface area contributed by atoms with Crippen molar-refractivity contribution >= 4 is 23.8 Å². The molecule has 6 rings (SSSR count). The Morgan fingerprint density at radius 3 is 2.26 bits per heavy atom. The zero-order chi connectivity index (χ0) is 33.5. The van der Waals surface area contributed by atoms with Gasteiger partial charge in [0.05, 0.1) is 5.41 Å². The van der Waals surface area contributed by atoms with Gasteiger partial charge in [-0.05, 0) is 116 Å². The molecule has 0 heterocycles. The molecule has 1 aromatic rings. The number of benzene rings is 1. The van der Waals surface area contributed by atoms with Crippen LogP contribution in [0, 0.1) is 50.2 Å². The number of aromatic hydroxyl groups is 2. The van der Waals surface area contributed by atoms with Crippen LogP contribution in [0.1, 0.15) is 111 Å². The Morgan fingerprint density at radius 2 is 1.59 bits per heavy atom. The maximum absolute atomic E-state index is 13.3. The number of ketones is 1. The van der Waals surface area contributed by atoms with E-state index in [9.17, 15) is 29.7 Å². The monoisotopic (exact) mass is 632 g/mol. The van der Waals surface area contributed by atoms with Gasteiger partial charge in [-0.2, -0.15) is 0 Å². The largest absolute Gasteiger partial charge is 0.508 e. The summed E-state index contributed by atoms with van der Waals surface area (Å²) >= 11 is 0. The number of aliphatic carboxylic acids is 1. The Balaban J connectivity index is 1.41. The standard InChI is InChI=1S/C39H52O7/c1-34(2)15-16-38(33(44)45)17-18-39(23-46-32(43)10-7-24-19-25(40)21-26(41)20-24)27(28(38)22-34)8-9-30-36(5)13-12-31(42)35(3,4)29(36)11-14-37(30,39)6/h7-8,10,19-21,28-30,40-41H,9,11-18,22-23H2,1-6H3,(H,44,45)/b10-7+/t28?,29?,30?,36?,37?,38?,39-/m0/s1. The van der Waals surface area contributed by atoms with E-state index in [4.69, 9.17) is 4.74 Å². The van der Waals surface area contributed by atoms with E-state index in [-0.39, 0.29) is 57.5 Å². The van der Waals surface area contributed by atoms with Crippen molar-refractivity contribution in [1.82, 2.24) is 0 Å². The number of carbonyl (C=O) groups excluding carboxylic acids is 2. The minimum atomic E-state index is -0.810. The minimum Gasteiger partial charge on any atom is -0.508 e. The zero-order valence-corrected chi connectivity index (χ0v) is 28.4. The molecule has 7 heteroatoms. The second-order valence-electron chi connectivity index (χ2n) is 17.3. The predicted octanol–water partition coefficient (Wildman–Crippen LogP) is 8.09. The van der Waals surface area contributed by atoms with Crippen molar-refractivity contribution in [3.05, 3.63) is 41.5 Å². The molecule has 1 aromatic carbocycles. The van der Waals surface area contributed by atoms with Crippen molar-refractivity contribution in [3.8, 4) is 11.5 Å². The molecule has 7 nitrogen and oxygen atoms in total. The van der Waals surface area contributed by atoms with E-state index < -0.39 is 22.8 Å². The molecule has 0 bridgehead atoms. The van der Waals surface area contributed by atoms with Crippen LogP contribution in [-0.2, 0) is 19.1 Å². The molecule has 5 aliphatic rings. The predicted molar refractivity (Wildman–Crippen MR) is 176 cm³/mol. The van der Waals surface area contributed by atoms with Crippen molar-refractivity contribution < 1.29 is 34.4 Å². The van der Waals surface area contributed by atoms with Crippen LogP contribution >= 0.6 is 0 Å². The number of carboxylic acid groups (broad SMARTS) is 1. The Hall–Kier alpha value is -3.09. The average molecular weight is 633 g/mol. The molecule has 7 atom stereocenters. The van der Waals surface area contributed by atoms with Gasteiger partial charge in [-0.1, -0.05) is 53.2 Å². The van der Waals surface area contributed by atoms with Gasteiger partial charge in [0.2, 0.25) is 0 Å². The maximum Gasteiger partial charge on any atom is 0.330 e. The molecule has 0 aliphatic heterocycles. The highest BCUT2D eigenvalue weighted by Gasteiger charge is 2.71. The van der Waals surface area contributed by atoms with E-state index in [1.54, 1.807) is 0 Å². The van der Waals surface area contributed by atoms with Crippen molar-refractivity contribution in [1.29, 1.82) is 0 Å². The van der Waals surface area contributed by atoms with Crippen LogP contribution < -0.4 is 0 Å². The molecule has 5 aliphatic carbocycles. The van der Waals surface area contributed by atoms with Gasteiger partial charge >= 0.3 is 11.9 Å². The Labute approximate surface area is 273 Å². The second kappa shape index (κ2) is 10.7. The SMILES string of the molecule is CC1(C)CCC2(C(=O)O)CC[C@]3(COC(=O)/C=C/c4cc(O)cc(O)c4)C(=CCC4C5(C)CCC(=O)C(C)(C)C5CCC43C)C2C1. The van der Waals surface area contributed by atoms with E-state index >= 15 is 0 Å². The molecular formula is C39H52O7. The van der Waals surface area contributed by atoms with Gasteiger partial charge in [0.25, 0.3) is 0 Å². The van der Waals surface area contributed by atoms with Crippen LogP contribution in [0.15, 0.2) is 35.9 Å². The van der Waals surface area contributed by atoms with E-state index in [2.05, 4.69) is 47.6 Å². The zero-order valence-electron chi connectivity index (χ0n) is 28.4. The summed E-state index contributed by atoms with van der Waals surface area (Å²) in [7, 11) is 0. The molecule has 6 unspecified atom stereocenters. The van der Waals surface area contributed by atoms with Crippen molar-refractivity contribution in [3.63, 3.8) is 0 Å². The van der Waals surface area contributed by atoms with Crippen LogP contribution in [0.2, 0.25) is 0 Å². The smallest absolute Gasteiger partial charge is 0.330 e. The summed E-state index contributed by atoms with van der Waals surface area (Å²) in [5, 5.41) is 30.5. The lowest BCUT2D eigenvalue weighted by Gasteiger charge is -2.70. The summed E-state index contributed by atoms with van der Waals surface area (Å²) in [5.74, 6) is -0.635. The molecule has 0 aromatic heterocycles. The quantitative estimate of drug-likeness (QED) is 0.170. The lowest BCUT2D eigenvalue weighted by atomic mass is 9.33. The number of allylic oxidation sites excluding steroid dienone is 1. The summed E-state index contributed by atoms with van der Waals surface area (Å²) in [6.07, 6.45) is 12.9. The number of phenolic OH excluding ortho intramolecular Hbond substituents is 2. The summed E-state index contributed by atoms with van der Waals surface area (Å²) in [5.41, 5.74) is -0.340. The van der Waals surface area contributed by atoms with Gasteiger partial charge in [0.15, 0.2) is 0 Å². The second-order valence-corrected chi connectivity index (χ2v) is 17.3. The number of rotatable bonds is 5. The molecule has 3 N–H and O–H groups in total. The van der Waals surface area contributed by atoms with Crippen LogP contribution in [0.25, 0.3) is 6.08 Å². The first-order valence-corrected chi connectivity index (χ1v) is 17.3. The number of hydrogen-bond donors (Lipinski definition) is 3. The fourth-order valence-electron chi connectivity index (χ4n) is 11.7. The highest BCUT2D eigenvalue weighted by molar-refractivity contribution is 5.87. The molecule has 250 valence electrons. The fourth-order valence-corrected chi connectivity index (χ4v) is 11.7. The van der Waals surface area contributed by atoms with E-state index in [1.165, 1.54) is 35.9 Å². The van der Waals surface area contributed by atoms with Crippen LogP contribution in [0.4, 0.5) is 0 Å². The molecule has 4 saturated carbocycles. The summed E-state index contributed by atoms with van der Waals surface area (Å²) in [4.78, 5) is 39.7. The molecule has 4 fully saturated rings. The first-order chi connectivity index (χ1) is 21.4. The summed E-state index contributed by atoms with van der Waals surface area (Å²) in [6.45, 7) is 13.7. The van der Waals surface area contributed by atoms with Crippen LogP contribution in [0.3, 0.4) is 0 Å². The Bertz CT molecular complexity index is 1500. The third kappa shape index (κ3) is 4.77. The average Bonchev–Trinajstić information content (AvgIpc) is 2.96. The van der Waals surface area contributed by atoms with Gasteiger partial charge < -0.3 is 20.1 Å². The van der Waals surface area contributed by atoms with Gasteiger partial charge in [-0.15, -0.1) is 0 Å². The Kier molecular flexibility index (Phi) is 7.65. The molecule has 46 heavy (non-hydrogen) atoms. The van der Waals surface area contributed by atoms with E-state index in [0.29, 0.717) is 37.0 Å². The molecule has 0 amide bonds. The molecule has 0 radical (unpaired) electrons. The normalized spacial score (nSPS) is 39.3. The lowest BCUT2D eigenvalue weighted by Crippen LogP contribution is -2.66. The number of phenols is 2. The van der Waals surface area contributed by atoms with E-state index in [1.807, 2.05) is 0 Å². The van der Waals surface area contributed by atoms with Gasteiger partial charge in [0.1, 0.15) is 23.9 Å². The van der Waals surface area contributed by atoms with Crippen molar-refractivity contribution in [2.24, 2.45) is 50.2 Å². The number of Topliss-reactive ketones (excluding diaryl/α,β-unsaturated/α-hetero) is 1. The number of carbonyl (C=O) groups is 3. The van der Waals surface area contributed by atoms with Gasteiger partial charge in [0, 0.05) is 29.4 Å².